The molecule has 3 aromatic carbocycles. The molecule has 0 unspecified atom stereocenters. The van der Waals surface area contributed by atoms with Gasteiger partial charge in [-0.05, 0) is 42.0 Å². The summed E-state index contributed by atoms with van der Waals surface area (Å²) in [6, 6.07) is 14.0. The van der Waals surface area contributed by atoms with Crippen molar-refractivity contribution < 1.29 is 28.7 Å². The van der Waals surface area contributed by atoms with Crippen molar-refractivity contribution in [1.82, 2.24) is 0 Å². The van der Waals surface area contributed by atoms with E-state index in [1.165, 1.54) is 25.3 Å². The number of hydrogen-bond acceptors (Lipinski definition) is 6. The fourth-order valence-electron chi connectivity index (χ4n) is 2.85. The Balaban J connectivity index is 1.81. The Morgan fingerprint density at radius 1 is 1.13 bits per heavy atom. The first kappa shape index (κ1) is 21.5. The number of phenolic OH excluding ortho intramolecular Hbond substituents is 1. The molecule has 0 bridgehead atoms. The maximum absolute atomic E-state index is 13.5. The molecule has 0 heterocycles. The lowest BCUT2D eigenvalue weighted by Gasteiger charge is -2.11. The van der Waals surface area contributed by atoms with E-state index < -0.39 is 10.7 Å². The molecule has 0 saturated heterocycles. The van der Waals surface area contributed by atoms with Crippen LogP contribution in [0.5, 0.6) is 17.2 Å². The summed E-state index contributed by atoms with van der Waals surface area (Å²) in [6.07, 6.45) is 2.94. The van der Waals surface area contributed by atoms with Gasteiger partial charge in [-0.3, -0.25) is 14.9 Å². The molecule has 1 N–H and O–H groups in total. The summed E-state index contributed by atoms with van der Waals surface area (Å²) in [5, 5.41) is 20.6. The standard InChI is InChI=1S/C23H18FNO6/c1-30-22-10-6-15(5-9-21(27)16-3-2-4-19(26)12-16)11-17(22)14-31-23-13-18(24)7-8-20(23)25(28)29/h2-13,26H,14H2,1H3/b9-5+. The lowest BCUT2D eigenvalue weighted by Crippen LogP contribution is -2.02. The number of carbonyl (C=O) groups is 1. The molecule has 0 aliphatic rings. The second kappa shape index (κ2) is 9.53. The van der Waals surface area contributed by atoms with Gasteiger partial charge in [0.25, 0.3) is 0 Å². The van der Waals surface area contributed by atoms with Crippen LogP contribution in [0.4, 0.5) is 10.1 Å². The van der Waals surface area contributed by atoms with Crippen LogP contribution in [0, 0.1) is 15.9 Å². The average molecular weight is 423 g/mol. The van der Waals surface area contributed by atoms with Crippen molar-refractivity contribution in [3.05, 3.63) is 99.4 Å². The van der Waals surface area contributed by atoms with E-state index >= 15 is 0 Å². The Labute approximate surface area is 177 Å². The number of nitro groups is 1. The third kappa shape index (κ3) is 5.45. The Hall–Kier alpha value is -4.20. The summed E-state index contributed by atoms with van der Waals surface area (Å²) in [7, 11) is 1.46. The summed E-state index contributed by atoms with van der Waals surface area (Å²) in [5.41, 5.74) is 1.19. The van der Waals surface area contributed by atoms with Gasteiger partial charge in [-0.25, -0.2) is 4.39 Å². The summed E-state index contributed by atoms with van der Waals surface area (Å²) < 4.78 is 24.3. The van der Waals surface area contributed by atoms with Crippen molar-refractivity contribution in [2.24, 2.45) is 0 Å². The Morgan fingerprint density at radius 2 is 1.94 bits per heavy atom. The van der Waals surface area contributed by atoms with Gasteiger partial charge in [-0.1, -0.05) is 24.3 Å². The van der Waals surface area contributed by atoms with Crippen LogP contribution in [-0.4, -0.2) is 22.9 Å². The topological polar surface area (TPSA) is 98.9 Å². The second-order valence-corrected chi connectivity index (χ2v) is 6.48. The molecule has 0 saturated carbocycles. The lowest BCUT2D eigenvalue weighted by molar-refractivity contribution is -0.386. The summed E-state index contributed by atoms with van der Waals surface area (Å²) in [4.78, 5) is 22.8. The van der Waals surface area contributed by atoms with Crippen LogP contribution in [0.3, 0.4) is 0 Å². The monoisotopic (exact) mass is 423 g/mol. The van der Waals surface area contributed by atoms with E-state index in [2.05, 4.69) is 0 Å². The van der Waals surface area contributed by atoms with E-state index in [9.17, 15) is 24.4 Å². The van der Waals surface area contributed by atoms with Gasteiger partial charge in [-0.15, -0.1) is 0 Å². The number of rotatable bonds is 8. The van der Waals surface area contributed by atoms with Crippen LogP contribution in [0.15, 0.2) is 66.7 Å². The Morgan fingerprint density at radius 3 is 2.65 bits per heavy atom. The molecule has 31 heavy (non-hydrogen) atoms. The number of nitro benzene ring substituents is 1. The smallest absolute Gasteiger partial charge is 0.311 e. The molecule has 158 valence electrons. The van der Waals surface area contributed by atoms with Gasteiger partial charge in [0.1, 0.15) is 23.9 Å². The summed E-state index contributed by atoms with van der Waals surface area (Å²) in [5.74, 6) is -0.688. The van der Waals surface area contributed by atoms with Gasteiger partial charge in [0.2, 0.25) is 0 Å². The van der Waals surface area contributed by atoms with E-state index in [4.69, 9.17) is 9.47 Å². The van der Waals surface area contributed by atoms with E-state index in [1.807, 2.05) is 0 Å². The van der Waals surface area contributed by atoms with Gasteiger partial charge < -0.3 is 14.6 Å². The number of phenols is 1. The highest BCUT2D eigenvalue weighted by atomic mass is 19.1. The molecule has 3 rings (SSSR count). The molecular formula is C23H18FNO6. The van der Waals surface area contributed by atoms with Gasteiger partial charge in [0, 0.05) is 23.3 Å². The van der Waals surface area contributed by atoms with Crippen LogP contribution >= 0.6 is 0 Å². The molecule has 0 aliphatic heterocycles. The van der Waals surface area contributed by atoms with Crippen molar-refractivity contribution in [3.63, 3.8) is 0 Å². The minimum atomic E-state index is -0.658. The molecule has 8 heteroatoms. The van der Waals surface area contributed by atoms with Crippen molar-refractivity contribution in [2.45, 2.75) is 6.61 Å². The van der Waals surface area contributed by atoms with E-state index in [0.29, 0.717) is 22.4 Å². The van der Waals surface area contributed by atoms with Crippen LogP contribution in [0.2, 0.25) is 0 Å². The molecule has 0 radical (unpaired) electrons. The largest absolute Gasteiger partial charge is 0.508 e. The first-order chi connectivity index (χ1) is 14.9. The molecule has 0 aromatic heterocycles. The van der Waals surface area contributed by atoms with Gasteiger partial charge in [0.15, 0.2) is 11.5 Å². The molecule has 7 nitrogen and oxygen atoms in total. The van der Waals surface area contributed by atoms with Crippen LogP contribution in [0.25, 0.3) is 6.08 Å². The van der Waals surface area contributed by atoms with Gasteiger partial charge in [0.05, 0.1) is 12.0 Å². The fourth-order valence-corrected chi connectivity index (χ4v) is 2.85. The van der Waals surface area contributed by atoms with Crippen molar-refractivity contribution in [3.8, 4) is 17.2 Å². The zero-order valence-electron chi connectivity index (χ0n) is 16.4. The number of allylic oxidation sites excluding steroid dienone is 1. The highest BCUT2D eigenvalue weighted by Gasteiger charge is 2.17. The first-order valence-electron chi connectivity index (χ1n) is 9.12. The predicted molar refractivity (Wildman–Crippen MR) is 112 cm³/mol. The minimum Gasteiger partial charge on any atom is -0.508 e. The number of hydrogen-bond donors (Lipinski definition) is 1. The van der Waals surface area contributed by atoms with Crippen LogP contribution < -0.4 is 9.47 Å². The number of ketones is 1. The molecular weight excluding hydrogens is 405 g/mol. The summed E-state index contributed by atoms with van der Waals surface area (Å²) >= 11 is 0. The number of nitrogens with zero attached hydrogens (tertiary/aromatic N) is 1. The van der Waals surface area contributed by atoms with Crippen molar-refractivity contribution in [2.75, 3.05) is 7.11 Å². The molecule has 0 aliphatic carbocycles. The number of aromatic hydroxyl groups is 1. The van der Waals surface area contributed by atoms with Crippen LogP contribution in [-0.2, 0) is 6.61 Å². The molecule has 0 fully saturated rings. The minimum absolute atomic E-state index is 0.00502. The van der Waals surface area contributed by atoms with E-state index in [-0.39, 0.29) is 29.6 Å². The number of methoxy groups -OCH3 is 1. The SMILES string of the molecule is COc1ccc(/C=C/C(=O)c2cccc(O)c2)cc1COc1cc(F)ccc1[N+](=O)[O-]. The zero-order valence-corrected chi connectivity index (χ0v) is 16.4. The normalized spacial score (nSPS) is 10.8. The quantitative estimate of drug-likeness (QED) is 0.239. The number of ether oxygens (including phenoxy) is 2. The number of benzene rings is 3. The molecule has 0 spiro atoms. The maximum Gasteiger partial charge on any atom is 0.311 e. The molecule has 3 aromatic rings. The third-order valence-corrected chi connectivity index (χ3v) is 4.36. The molecule has 0 atom stereocenters. The highest BCUT2D eigenvalue weighted by Crippen LogP contribution is 2.30. The Kier molecular flexibility index (Phi) is 6.61. The van der Waals surface area contributed by atoms with Crippen LogP contribution in [0.1, 0.15) is 21.5 Å². The number of halogens is 1. The lowest BCUT2D eigenvalue weighted by atomic mass is 10.1. The van der Waals surface area contributed by atoms with Crippen molar-refractivity contribution >= 4 is 17.5 Å². The third-order valence-electron chi connectivity index (χ3n) is 4.36. The Bertz CT molecular complexity index is 1160. The van der Waals surface area contributed by atoms with Crippen molar-refractivity contribution in [1.29, 1.82) is 0 Å². The first-order valence-corrected chi connectivity index (χ1v) is 9.12. The summed E-state index contributed by atoms with van der Waals surface area (Å²) in [6.45, 7) is -0.115. The number of carbonyl (C=O) groups excluding carboxylic acids is 1. The fraction of sp³-hybridized carbons (Fsp3) is 0.0870. The van der Waals surface area contributed by atoms with E-state index in [1.54, 1.807) is 36.4 Å². The molecule has 0 amide bonds. The maximum atomic E-state index is 13.5. The average Bonchev–Trinajstić information content (AvgIpc) is 2.75. The van der Waals surface area contributed by atoms with Gasteiger partial charge >= 0.3 is 5.69 Å². The van der Waals surface area contributed by atoms with E-state index in [0.717, 1.165) is 18.2 Å². The predicted octanol–water partition coefficient (Wildman–Crippen LogP) is 4.92. The highest BCUT2D eigenvalue weighted by molar-refractivity contribution is 6.07. The zero-order chi connectivity index (χ0) is 22.4. The second-order valence-electron chi connectivity index (χ2n) is 6.48. The van der Waals surface area contributed by atoms with Gasteiger partial charge in [-0.2, -0.15) is 0 Å².